The smallest absolute Gasteiger partial charge is 0.145 e. The minimum absolute atomic E-state index is 0.0301. The number of rotatable bonds is 14. The Balaban J connectivity index is 1.42. The molecule has 0 radical (unpaired) electrons. The van der Waals surface area contributed by atoms with Gasteiger partial charge in [0.2, 0.25) is 0 Å². The molecule has 2 fully saturated rings. The summed E-state index contributed by atoms with van der Waals surface area (Å²) in [4.78, 5) is 12.3. The number of fused-ring (bicyclic) bond motifs is 5. The van der Waals surface area contributed by atoms with Crippen molar-refractivity contribution in [1.82, 2.24) is 10.6 Å². The molecule has 5 rings (SSSR count). The van der Waals surface area contributed by atoms with Gasteiger partial charge in [0.05, 0.1) is 18.3 Å². The number of aldehydes is 1. The van der Waals surface area contributed by atoms with Crippen molar-refractivity contribution in [2.45, 2.75) is 95.8 Å². The first-order valence-corrected chi connectivity index (χ1v) is 20.5. The highest BCUT2D eigenvalue weighted by Gasteiger charge is 2.68. The van der Waals surface area contributed by atoms with E-state index in [2.05, 4.69) is 73.6 Å². The van der Waals surface area contributed by atoms with E-state index in [1.54, 1.807) is 7.11 Å². The zero-order chi connectivity index (χ0) is 39.8. The van der Waals surface area contributed by atoms with Gasteiger partial charge in [-0.15, -0.1) is 0 Å². The molecule has 1 aromatic carbocycles. The first-order chi connectivity index (χ1) is 26.4. The predicted molar refractivity (Wildman–Crippen MR) is 221 cm³/mol. The standard InChI is InChI=1S/C47H68N2O6/c1-32-13-14-38(26-35-10-8-11-36(25-35)27-45(4,49-29-32)21-24-55-6)33(2)9-7-12-40(31-52)41-17-19-47(44(41)53)43-37(18-23-50)15-16-39(42(43)34(3)30-51)28-46(47,54)20-22-48-5/h7-13,15-16,25,30,37-39,41,43-44,48-50,52-54H,2,14,17-24,26-29,31H2,1,3-6H3. The number of methoxy groups -OCH3 is 1. The van der Waals surface area contributed by atoms with Crippen LogP contribution in [0.5, 0.6) is 0 Å². The van der Waals surface area contributed by atoms with Gasteiger partial charge in [0.25, 0.3) is 0 Å². The Morgan fingerprint density at radius 2 is 1.96 bits per heavy atom. The molecule has 0 aromatic heterocycles. The highest BCUT2D eigenvalue weighted by molar-refractivity contribution is 5.74. The van der Waals surface area contributed by atoms with Gasteiger partial charge in [0, 0.05) is 49.7 Å². The SMILES string of the molecule is C=C(C=CC=C(CO)C1CCC2(C1O)C1C(=C(C)C=O)C(C=CC1CCO)CC2(O)CCNC)C1CC=C(C)CNC(C)(CCOC)Cc2cccc(c2)C1. The highest BCUT2D eigenvalue weighted by atomic mass is 16.5. The highest BCUT2D eigenvalue weighted by Crippen LogP contribution is 2.67. The summed E-state index contributed by atoms with van der Waals surface area (Å²) < 4.78 is 5.45. The van der Waals surface area contributed by atoms with Crippen LogP contribution in [0.3, 0.4) is 0 Å². The van der Waals surface area contributed by atoms with Crippen LogP contribution in [0.1, 0.15) is 76.8 Å². The van der Waals surface area contributed by atoms with E-state index in [1.807, 2.05) is 32.2 Å². The summed E-state index contributed by atoms with van der Waals surface area (Å²) in [6.45, 7) is 12.7. The molecule has 4 bridgehead atoms. The Labute approximate surface area is 330 Å². The van der Waals surface area contributed by atoms with Crippen LogP contribution in [0, 0.1) is 35.0 Å². The number of hydrogen-bond acceptors (Lipinski definition) is 8. The maximum Gasteiger partial charge on any atom is 0.145 e. The minimum atomic E-state index is -1.22. The summed E-state index contributed by atoms with van der Waals surface area (Å²) in [7, 11) is 3.62. The van der Waals surface area contributed by atoms with Crippen molar-refractivity contribution in [2.75, 3.05) is 47.1 Å². The Bertz CT molecular complexity index is 1660. The van der Waals surface area contributed by atoms with Gasteiger partial charge in [-0.3, -0.25) is 4.79 Å². The monoisotopic (exact) mass is 757 g/mol. The van der Waals surface area contributed by atoms with E-state index >= 15 is 0 Å². The van der Waals surface area contributed by atoms with Crippen LogP contribution < -0.4 is 10.6 Å². The van der Waals surface area contributed by atoms with Crippen LogP contribution in [0.15, 0.2) is 95.2 Å². The minimum Gasteiger partial charge on any atom is -0.396 e. The van der Waals surface area contributed by atoms with E-state index < -0.39 is 17.1 Å². The molecule has 302 valence electrons. The van der Waals surface area contributed by atoms with Crippen molar-refractivity contribution < 1.29 is 30.0 Å². The summed E-state index contributed by atoms with van der Waals surface area (Å²) in [5.41, 5.74) is 4.97. The largest absolute Gasteiger partial charge is 0.396 e. The van der Waals surface area contributed by atoms with Gasteiger partial charge < -0.3 is 35.8 Å². The number of carbonyl (C=O) groups is 1. The van der Waals surface area contributed by atoms with Gasteiger partial charge in [-0.25, -0.2) is 0 Å². The van der Waals surface area contributed by atoms with E-state index in [9.17, 15) is 25.2 Å². The number of ether oxygens (including phenoxy) is 1. The zero-order valence-corrected chi connectivity index (χ0v) is 34.0. The molecule has 1 aliphatic heterocycles. The third-order valence-electron chi connectivity index (χ3n) is 13.7. The number of benzene rings is 1. The van der Waals surface area contributed by atoms with Crippen molar-refractivity contribution >= 4 is 6.29 Å². The average Bonchev–Trinajstić information content (AvgIpc) is 3.52. The Kier molecular flexibility index (Phi) is 14.9. The second-order valence-electron chi connectivity index (χ2n) is 17.3. The molecule has 0 saturated heterocycles. The molecule has 1 aromatic rings. The van der Waals surface area contributed by atoms with Crippen LogP contribution >= 0.6 is 0 Å². The van der Waals surface area contributed by atoms with E-state index in [4.69, 9.17) is 4.74 Å². The van der Waals surface area contributed by atoms with Crippen LogP contribution in [0.2, 0.25) is 0 Å². The van der Waals surface area contributed by atoms with Gasteiger partial charge in [-0.05, 0) is 132 Å². The van der Waals surface area contributed by atoms with E-state index in [0.717, 1.165) is 55.2 Å². The molecule has 0 amide bonds. The lowest BCUT2D eigenvalue weighted by Gasteiger charge is -2.61. The lowest BCUT2D eigenvalue weighted by Crippen LogP contribution is -2.65. The lowest BCUT2D eigenvalue weighted by atomic mass is 9.45. The quantitative estimate of drug-likeness (QED) is 0.0593. The molecule has 55 heavy (non-hydrogen) atoms. The lowest BCUT2D eigenvalue weighted by molar-refractivity contribution is -0.194. The molecule has 3 aliphatic carbocycles. The average molecular weight is 757 g/mol. The predicted octanol–water partition coefficient (Wildman–Crippen LogP) is 5.97. The molecule has 4 aliphatic rings. The molecular weight excluding hydrogens is 689 g/mol. The number of carbonyl (C=O) groups excluding carboxylic acids is 1. The van der Waals surface area contributed by atoms with Crippen molar-refractivity contribution in [1.29, 1.82) is 0 Å². The fourth-order valence-corrected chi connectivity index (χ4v) is 10.6. The molecule has 2 saturated carbocycles. The molecular formula is C47H68N2O6. The van der Waals surface area contributed by atoms with Crippen molar-refractivity contribution in [2.24, 2.45) is 35.0 Å². The van der Waals surface area contributed by atoms with Gasteiger partial charge in [0.15, 0.2) is 0 Å². The van der Waals surface area contributed by atoms with Crippen LogP contribution in [0.25, 0.3) is 0 Å². The second-order valence-corrected chi connectivity index (χ2v) is 17.3. The molecule has 9 atom stereocenters. The Hall–Kier alpha value is -2.95. The van der Waals surface area contributed by atoms with Gasteiger partial charge in [0.1, 0.15) is 6.29 Å². The van der Waals surface area contributed by atoms with Crippen molar-refractivity contribution in [3.63, 3.8) is 0 Å². The zero-order valence-electron chi connectivity index (χ0n) is 34.0. The number of hydrogen-bond donors (Lipinski definition) is 6. The summed E-state index contributed by atoms with van der Waals surface area (Å²) in [6, 6.07) is 8.89. The van der Waals surface area contributed by atoms with Crippen molar-refractivity contribution in [3.8, 4) is 0 Å². The number of nitrogens with one attached hydrogen (secondary N) is 2. The molecule has 8 heteroatoms. The first-order valence-electron chi connectivity index (χ1n) is 20.5. The summed E-state index contributed by atoms with van der Waals surface area (Å²) in [5, 5.41) is 53.3. The van der Waals surface area contributed by atoms with E-state index in [1.165, 1.54) is 16.7 Å². The summed E-state index contributed by atoms with van der Waals surface area (Å²) in [6.07, 6.45) is 18.4. The maximum atomic E-state index is 12.8. The maximum absolute atomic E-state index is 12.8. The number of aliphatic hydroxyl groups excluding tert-OH is 3. The molecule has 8 nitrogen and oxygen atoms in total. The summed E-state index contributed by atoms with van der Waals surface area (Å²) in [5.74, 6) is -0.753. The van der Waals surface area contributed by atoms with Crippen molar-refractivity contribution in [3.05, 3.63) is 106 Å². The molecule has 1 heterocycles. The topological polar surface area (TPSA) is 131 Å². The number of aliphatic hydroxyl groups is 4. The third-order valence-corrected chi connectivity index (χ3v) is 13.7. The number of allylic oxidation sites excluding steroid dienone is 9. The van der Waals surface area contributed by atoms with Crippen LogP contribution in [-0.2, 0) is 22.4 Å². The third kappa shape index (κ3) is 9.28. The molecule has 1 spiro atoms. The second kappa shape index (κ2) is 19.0. The van der Waals surface area contributed by atoms with Crippen LogP contribution in [0.4, 0.5) is 0 Å². The van der Waals surface area contributed by atoms with Gasteiger partial charge in [-0.1, -0.05) is 84.0 Å². The molecule has 6 N–H and O–H groups in total. The van der Waals surface area contributed by atoms with Gasteiger partial charge >= 0.3 is 0 Å². The van der Waals surface area contributed by atoms with Crippen LogP contribution in [-0.4, -0.2) is 91.0 Å². The fraction of sp³-hybridized carbons (Fsp3) is 0.596. The van der Waals surface area contributed by atoms with E-state index in [0.29, 0.717) is 50.8 Å². The van der Waals surface area contributed by atoms with E-state index in [-0.39, 0.29) is 48.3 Å². The first kappa shape index (κ1) is 43.2. The molecule has 9 unspecified atom stereocenters. The van der Waals surface area contributed by atoms with Gasteiger partial charge in [-0.2, -0.15) is 0 Å². The Morgan fingerprint density at radius 1 is 1.18 bits per heavy atom. The Morgan fingerprint density at radius 3 is 2.67 bits per heavy atom. The normalized spacial score (nSPS) is 35.0. The summed E-state index contributed by atoms with van der Waals surface area (Å²) >= 11 is 0. The fourth-order valence-electron chi connectivity index (χ4n) is 10.6.